The Labute approximate surface area is 116 Å². The van der Waals surface area contributed by atoms with E-state index >= 15 is 0 Å². The molecule has 1 unspecified atom stereocenters. The molecule has 2 rings (SSSR count). The third-order valence-electron chi connectivity index (χ3n) is 4.17. The Hall–Kier alpha value is -1.09. The summed E-state index contributed by atoms with van der Waals surface area (Å²) in [6.07, 6.45) is 1.15. The first-order valence-corrected chi connectivity index (χ1v) is 7.10. The fourth-order valence-corrected chi connectivity index (χ4v) is 2.92. The third kappa shape index (κ3) is 3.08. The van der Waals surface area contributed by atoms with E-state index in [1.54, 1.807) is 12.1 Å². The maximum Gasteiger partial charge on any atom is 0.146 e. The predicted octanol–water partition coefficient (Wildman–Crippen LogP) is 3.42. The van der Waals surface area contributed by atoms with Crippen molar-refractivity contribution in [2.45, 2.75) is 33.7 Å². The standard InChI is InChI=1S/C16H25FN2/c1-16(2,3)13-8-9-19(11-13)15-12(10-18-4)6-5-7-14(15)17/h5-7,13,18H,8-11H2,1-4H3. The fourth-order valence-electron chi connectivity index (χ4n) is 2.92. The number of para-hydroxylation sites is 1. The molecule has 0 radical (unpaired) electrons. The average Bonchev–Trinajstić information content (AvgIpc) is 2.78. The molecule has 0 aromatic heterocycles. The highest BCUT2D eigenvalue weighted by molar-refractivity contribution is 5.55. The van der Waals surface area contributed by atoms with Crippen molar-refractivity contribution in [3.05, 3.63) is 29.6 Å². The van der Waals surface area contributed by atoms with Gasteiger partial charge in [-0.3, -0.25) is 0 Å². The lowest BCUT2D eigenvalue weighted by molar-refractivity contribution is 0.263. The van der Waals surface area contributed by atoms with Gasteiger partial charge in [0, 0.05) is 19.6 Å². The van der Waals surface area contributed by atoms with Crippen molar-refractivity contribution < 1.29 is 4.39 Å². The van der Waals surface area contributed by atoms with Gasteiger partial charge in [-0.25, -0.2) is 4.39 Å². The molecule has 1 heterocycles. The molecule has 1 aromatic carbocycles. The van der Waals surface area contributed by atoms with Crippen LogP contribution in [0.25, 0.3) is 0 Å². The topological polar surface area (TPSA) is 15.3 Å². The summed E-state index contributed by atoms with van der Waals surface area (Å²) < 4.78 is 14.2. The quantitative estimate of drug-likeness (QED) is 0.900. The van der Waals surface area contributed by atoms with Crippen LogP contribution < -0.4 is 10.2 Å². The van der Waals surface area contributed by atoms with Crippen molar-refractivity contribution in [1.29, 1.82) is 0 Å². The normalized spacial score (nSPS) is 20.1. The fraction of sp³-hybridized carbons (Fsp3) is 0.625. The Morgan fingerprint density at radius 1 is 1.37 bits per heavy atom. The van der Waals surface area contributed by atoms with Gasteiger partial charge in [0.25, 0.3) is 0 Å². The number of hydrogen-bond donors (Lipinski definition) is 1. The van der Waals surface area contributed by atoms with E-state index in [1.807, 2.05) is 13.1 Å². The molecule has 1 fully saturated rings. The molecule has 1 saturated heterocycles. The van der Waals surface area contributed by atoms with Crippen molar-refractivity contribution in [2.75, 3.05) is 25.0 Å². The SMILES string of the molecule is CNCc1cccc(F)c1N1CCC(C(C)(C)C)C1. The zero-order valence-corrected chi connectivity index (χ0v) is 12.5. The van der Waals surface area contributed by atoms with Crippen LogP contribution in [0.3, 0.4) is 0 Å². The monoisotopic (exact) mass is 264 g/mol. The second-order valence-corrected chi connectivity index (χ2v) is 6.58. The lowest BCUT2D eigenvalue weighted by atomic mass is 9.80. The molecule has 0 aliphatic carbocycles. The van der Waals surface area contributed by atoms with Crippen molar-refractivity contribution in [3.63, 3.8) is 0 Å². The minimum atomic E-state index is -0.0951. The molecule has 2 nitrogen and oxygen atoms in total. The lowest BCUT2D eigenvalue weighted by Gasteiger charge is -2.28. The molecule has 1 aromatic rings. The minimum Gasteiger partial charge on any atom is -0.369 e. The first-order chi connectivity index (χ1) is 8.93. The Balaban J connectivity index is 2.24. The number of hydrogen-bond acceptors (Lipinski definition) is 2. The third-order valence-corrected chi connectivity index (χ3v) is 4.17. The van der Waals surface area contributed by atoms with Crippen molar-refractivity contribution in [3.8, 4) is 0 Å². The van der Waals surface area contributed by atoms with Gasteiger partial charge in [-0.15, -0.1) is 0 Å². The van der Waals surface area contributed by atoms with Gasteiger partial charge in [0.2, 0.25) is 0 Å². The first-order valence-electron chi connectivity index (χ1n) is 7.10. The van der Waals surface area contributed by atoms with E-state index < -0.39 is 0 Å². The van der Waals surface area contributed by atoms with Gasteiger partial charge in [0.1, 0.15) is 5.82 Å². The second kappa shape index (κ2) is 5.49. The van der Waals surface area contributed by atoms with Crippen molar-refractivity contribution >= 4 is 5.69 Å². The van der Waals surface area contributed by atoms with Crippen molar-refractivity contribution in [2.24, 2.45) is 11.3 Å². The molecule has 1 N–H and O–H groups in total. The van der Waals surface area contributed by atoms with Gasteiger partial charge < -0.3 is 10.2 Å². The van der Waals surface area contributed by atoms with Gasteiger partial charge in [0.15, 0.2) is 0 Å². The Morgan fingerprint density at radius 2 is 2.11 bits per heavy atom. The molecule has 1 aliphatic rings. The van der Waals surface area contributed by atoms with Crippen LogP contribution in [-0.2, 0) is 6.54 Å². The lowest BCUT2D eigenvalue weighted by Crippen LogP contribution is -2.27. The molecule has 0 saturated carbocycles. The molecule has 3 heteroatoms. The molecule has 0 amide bonds. The van der Waals surface area contributed by atoms with Crippen molar-refractivity contribution in [1.82, 2.24) is 5.32 Å². The molecule has 0 bridgehead atoms. The number of halogens is 1. The van der Waals surface area contributed by atoms with Crippen LogP contribution >= 0.6 is 0 Å². The summed E-state index contributed by atoms with van der Waals surface area (Å²) in [4.78, 5) is 2.22. The number of benzene rings is 1. The van der Waals surface area contributed by atoms with E-state index in [1.165, 1.54) is 0 Å². The zero-order valence-electron chi connectivity index (χ0n) is 12.5. The zero-order chi connectivity index (χ0) is 14.0. The Bertz CT molecular complexity index is 437. The molecule has 106 valence electrons. The van der Waals surface area contributed by atoms with E-state index in [4.69, 9.17) is 0 Å². The van der Waals surface area contributed by atoms with E-state index in [0.29, 0.717) is 17.9 Å². The molecular formula is C16H25FN2. The van der Waals surface area contributed by atoms with E-state index in [9.17, 15) is 4.39 Å². The molecule has 19 heavy (non-hydrogen) atoms. The minimum absolute atomic E-state index is 0.0951. The van der Waals surface area contributed by atoms with E-state index in [-0.39, 0.29) is 5.82 Å². The van der Waals surface area contributed by atoms with Gasteiger partial charge in [-0.2, -0.15) is 0 Å². The summed E-state index contributed by atoms with van der Waals surface area (Å²) in [5, 5.41) is 3.12. The predicted molar refractivity (Wildman–Crippen MR) is 78.9 cm³/mol. The summed E-state index contributed by atoms with van der Waals surface area (Å²) in [6, 6.07) is 5.38. The van der Waals surface area contributed by atoms with Crippen LogP contribution in [0.5, 0.6) is 0 Å². The highest BCUT2D eigenvalue weighted by Crippen LogP contribution is 2.37. The smallest absolute Gasteiger partial charge is 0.146 e. The van der Waals surface area contributed by atoms with Crippen LogP contribution in [0.2, 0.25) is 0 Å². The average molecular weight is 264 g/mol. The number of nitrogens with one attached hydrogen (secondary N) is 1. The van der Waals surface area contributed by atoms with Gasteiger partial charge in [-0.1, -0.05) is 32.9 Å². The van der Waals surface area contributed by atoms with Gasteiger partial charge >= 0.3 is 0 Å². The van der Waals surface area contributed by atoms with E-state index in [0.717, 1.165) is 30.8 Å². The molecule has 0 spiro atoms. The molecular weight excluding hydrogens is 239 g/mol. The summed E-state index contributed by atoms with van der Waals surface area (Å²) in [7, 11) is 1.90. The summed E-state index contributed by atoms with van der Waals surface area (Å²) >= 11 is 0. The number of rotatable bonds is 3. The highest BCUT2D eigenvalue weighted by atomic mass is 19.1. The summed E-state index contributed by atoms with van der Waals surface area (Å²) in [6.45, 7) is 9.45. The molecule has 1 aliphatic heterocycles. The maximum absolute atomic E-state index is 14.2. The highest BCUT2D eigenvalue weighted by Gasteiger charge is 2.33. The Morgan fingerprint density at radius 3 is 2.68 bits per heavy atom. The Kier molecular flexibility index (Phi) is 4.14. The van der Waals surface area contributed by atoms with Crippen LogP contribution in [0.4, 0.5) is 10.1 Å². The van der Waals surface area contributed by atoms with Crippen LogP contribution in [0.1, 0.15) is 32.8 Å². The maximum atomic E-state index is 14.2. The summed E-state index contributed by atoms with van der Waals surface area (Å²) in [5.41, 5.74) is 2.14. The van der Waals surface area contributed by atoms with Crippen LogP contribution in [0, 0.1) is 17.2 Å². The van der Waals surface area contributed by atoms with Crippen LogP contribution in [-0.4, -0.2) is 20.1 Å². The van der Waals surface area contributed by atoms with Gasteiger partial charge in [-0.05, 0) is 36.4 Å². The van der Waals surface area contributed by atoms with E-state index in [2.05, 4.69) is 31.0 Å². The summed E-state index contributed by atoms with van der Waals surface area (Å²) in [5.74, 6) is 0.539. The number of anilines is 1. The largest absolute Gasteiger partial charge is 0.369 e. The number of nitrogens with zero attached hydrogens (tertiary/aromatic N) is 1. The second-order valence-electron chi connectivity index (χ2n) is 6.58. The van der Waals surface area contributed by atoms with Crippen LogP contribution in [0.15, 0.2) is 18.2 Å². The first kappa shape index (κ1) is 14.3. The molecule has 1 atom stereocenters. The van der Waals surface area contributed by atoms with Gasteiger partial charge in [0.05, 0.1) is 5.69 Å².